The fourth-order valence-electron chi connectivity index (χ4n) is 3.01. The topological polar surface area (TPSA) is 31.4 Å². The van der Waals surface area contributed by atoms with Gasteiger partial charge in [-0.2, -0.15) is 0 Å². The summed E-state index contributed by atoms with van der Waals surface area (Å²) in [5, 5.41) is 1.29. The quantitative estimate of drug-likeness (QED) is 0.813. The minimum atomic E-state index is 0.659. The maximum Gasteiger partial charge on any atom is 0.131 e. The highest BCUT2D eigenvalue weighted by Crippen LogP contribution is 2.41. The van der Waals surface area contributed by atoms with Gasteiger partial charge < -0.3 is 9.47 Å². The monoisotopic (exact) mass is 303 g/mol. The van der Waals surface area contributed by atoms with Crippen molar-refractivity contribution in [2.24, 2.45) is 0 Å². The van der Waals surface area contributed by atoms with E-state index in [0.717, 1.165) is 22.8 Å². The normalized spacial score (nSPS) is 15.4. The minimum absolute atomic E-state index is 0.659. The summed E-state index contributed by atoms with van der Waals surface area (Å²) in [5.41, 5.74) is 2.11. The van der Waals surface area contributed by atoms with Gasteiger partial charge in [-0.3, -0.25) is 0 Å². The van der Waals surface area contributed by atoms with Gasteiger partial charge >= 0.3 is 0 Å². The molecule has 1 aromatic carbocycles. The second kappa shape index (κ2) is 6.06. The molecule has 21 heavy (non-hydrogen) atoms. The zero-order chi connectivity index (χ0) is 14.8. The molecule has 1 saturated carbocycles. The lowest BCUT2D eigenvalue weighted by molar-refractivity contribution is 0.395. The van der Waals surface area contributed by atoms with E-state index in [1.165, 1.54) is 35.6 Å². The van der Waals surface area contributed by atoms with Crippen molar-refractivity contribution >= 4 is 11.3 Å². The fourth-order valence-corrected chi connectivity index (χ4v) is 4.11. The molecule has 0 unspecified atom stereocenters. The van der Waals surface area contributed by atoms with E-state index in [9.17, 15) is 0 Å². The average molecular weight is 303 g/mol. The molecule has 0 N–H and O–H groups in total. The molecule has 112 valence electrons. The van der Waals surface area contributed by atoms with Crippen molar-refractivity contribution in [3.8, 4) is 22.8 Å². The van der Waals surface area contributed by atoms with Crippen LogP contribution >= 0.6 is 11.3 Å². The summed E-state index contributed by atoms with van der Waals surface area (Å²) in [6, 6.07) is 5.92. The molecule has 0 spiro atoms. The Labute approximate surface area is 129 Å². The van der Waals surface area contributed by atoms with Gasteiger partial charge in [0.15, 0.2) is 0 Å². The zero-order valence-corrected chi connectivity index (χ0v) is 13.6. The number of aromatic nitrogens is 1. The maximum absolute atomic E-state index is 5.52. The van der Waals surface area contributed by atoms with Crippen molar-refractivity contribution in [2.45, 2.75) is 38.5 Å². The molecule has 1 fully saturated rings. The number of benzene rings is 1. The molecular weight excluding hydrogens is 282 g/mol. The van der Waals surface area contributed by atoms with Crippen LogP contribution in [0.4, 0.5) is 0 Å². The Hall–Kier alpha value is -1.55. The molecule has 3 rings (SSSR count). The molecule has 0 aliphatic heterocycles. The smallest absolute Gasteiger partial charge is 0.131 e. The van der Waals surface area contributed by atoms with E-state index in [0.29, 0.717) is 5.92 Å². The molecule has 0 saturated heterocycles. The summed E-state index contributed by atoms with van der Waals surface area (Å²) in [6.45, 7) is 2.15. The van der Waals surface area contributed by atoms with Crippen LogP contribution in [0.25, 0.3) is 11.3 Å². The molecule has 1 aliphatic carbocycles. The molecule has 1 aliphatic rings. The van der Waals surface area contributed by atoms with E-state index < -0.39 is 0 Å². The van der Waals surface area contributed by atoms with E-state index in [2.05, 4.69) is 6.92 Å². The van der Waals surface area contributed by atoms with Crippen LogP contribution in [0.3, 0.4) is 0 Å². The van der Waals surface area contributed by atoms with Gasteiger partial charge in [0.2, 0.25) is 0 Å². The lowest BCUT2D eigenvalue weighted by atomic mass is 10.1. The predicted molar refractivity (Wildman–Crippen MR) is 86.6 cm³/mol. The second-order valence-electron chi connectivity index (χ2n) is 5.50. The minimum Gasteiger partial charge on any atom is -0.497 e. The molecule has 4 heteroatoms. The number of thiazole rings is 1. The van der Waals surface area contributed by atoms with Crippen molar-refractivity contribution < 1.29 is 9.47 Å². The molecule has 1 aromatic heterocycles. The first kappa shape index (κ1) is 14.4. The Balaban J connectivity index is 2.00. The van der Waals surface area contributed by atoms with Gasteiger partial charge in [0.05, 0.1) is 24.9 Å². The van der Waals surface area contributed by atoms with E-state index in [4.69, 9.17) is 14.5 Å². The van der Waals surface area contributed by atoms with Crippen LogP contribution in [0, 0.1) is 6.92 Å². The SMILES string of the molecule is COc1ccc(-c2nc(C3CCCC3)sc2C)c(OC)c1. The molecule has 0 atom stereocenters. The fraction of sp³-hybridized carbons (Fsp3) is 0.471. The van der Waals surface area contributed by atoms with Gasteiger partial charge in [0.1, 0.15) is 11.5 Å². The van der Waals surface area contributed by atoms with Gasteiger partial charge in [-0.15, -0.1) is 11.3 Å². The number of aryl methyl sites for hydroxylation is 1. The van der Waals surface area contributed by atoms with Crippen LogP contribution < -0.4 is 9.47 Å². The summed E-state index contributed by atoms with van der Waals surface area (Å²) in [6.07, 6.45) is 5.24. The number of ether oxygens (including phenoxy) is 2. The summed E-state index contributed by atoms with van der Waals surface area (Å²) in [7, 11) is 3.36. The summed E-state index contributed by atoms with van der Waals surface area (Å²) in [4.78, 5) is 6.19. The molecular formula is C17H21NO2S. The van der Waals surface area contributed by atoms with E-state index >= 15 is 0 Å². The first-order valence-corrected chi connectivity index (χ1v) is 8.24. The van der Waals surface area contributed by atoms with Crippen molar-refractivity contribution in [2.75, 3.05) is 14.2 Å². The third kappa shape index (κ3) is 2.77. The number of hydrogen-bond donors (Lipinski definition) is 0. The number of rotatable bonds is 4. The van der Waals surface area contributed by atoms with Crippen molar-refractivity contribution in [3.63, 3.8) is 0 Å². The lowest BCUT2D eigenvalue weighted by Gasteiger charge is -2.09. The highest BCUT2D eigenvalue weighted by Gasteiger charge is 2.23. The van der Waals surface area contributed by atoms with Crippen LogP contribution in [-0.4, -0.2) is 19.2 Å². The Kier molecular flexibility index (Phi) is 4.15. The summed E-state index contributed by atoms with van der Waals surface area (Å²) >= 11 is 1.84. The molecule has 0 amide bonds. The zero-order valence-electron chi connectivity index (χ0n) is 12.8. The maximum atomic E-state index is 5.52. The van der Waals surface area contributed by atoms with E-state index in [1.54, 1.807) is 14.2 Å². The Morgan fingerprint density at radius 3 is 2.57 bits per heavy atom. The van der Waals surface area contributed by atoms with Gasteiger partial charge in [-0.1, -0.05) is 12.8 Å². The average Bonchev–Trinajstić information content (AvgIpc) is 3.15. The standard InChI is InChI=1S/C17H21NO2S/c1-11-16(18-17(21-11)12-6-4-5-7-12)14-9-8-13(19-2)10-15(14)20-3/h8-10,12H,4-7H2,1-3H3. The molecule has 0 radical (unpaired) electrons. The Morgan fingerprint density at radius 2 is 1.90 bits per heavy atom. The highest BCUT2D eigenvalue weighted by molar-refractivity contribution is 7.12. The largest absolute Gasteiger partial charge is 0.497 e. The first-order chi connectivity index (χ1) is 10.2. The van der Waals surface area contributed by atoms with Crippen LogP contribution in [-0.2, 0) is 0 Å². The number of methoxy groups -OCH3 is 2. The molecule has 0 bridgehead atoms. The summed E-state index contributed by atoms with van der Waals surface area (Å²) < 4.78 is 10.8. The Bertz CT molecular complexity index is 630. The third-order valence-electron chi connectivity index (χ3n) is 4.18. The van der Waals surface area contributed by atoms with Crippen LogP contribution in [0.15, 0.2) is 18.2 Å². The Morgan fingerprint density at radius 1 is 1.14 bits per heavy atom. The van der Waals surface area contributed by atoms with Gasteiger partial charge in [0, 0.05) is 22.4 Å². The van der Waals surface area contributed by atoms with Crippen LogP contribution in [0.2, 0.25) is 0 Å². The highest BCUT2D eigenvalue weighted by atomic mass is 32.1. The number of nitrogens with zero attached hydrogens (tertiary/aromatic N) is 1. The predicted octanol–water partition coefficient (Wildman–Crippen LogP) is 4.79. The summed E-state index contributed by atoms with van der Waals surface area (Å²) in [5.74, 6) is 2.28. The van der Waals surface area contributed by atoms with E-state index in [-0.39, 0.29) is 0 Å². The number of hydrogen-bond acceptors (Lipinski definition) is 4. The van der Waals surface area contributed by atoms with Crippen molar-refractivity contribution in [1.29, 1.82) is 0 Å². The second-order valence-corrected chi connectivity index (χ2v) is 6.74. The van der Waals surface area contributed by atoms with Crippen LogP contribution in [0.1, 0.15) is 41.5 Å². The van der Waals surface area contributed by atoms with Gasteiger partial charge in [-0.05, 0) is 31.9 Å². The van der Waals surface area contributed by atoms with Gasteiger partial charge in [-0.25, -0.2) is 4.98 Å². The first-order valence-electron chi connectivity index (χ1n) is 7.42. The van der Waals surface area contributed by atoms with E-state index in [1.807, 2.05) is 29.5 Å². The third-order valence-corrected chi connectivity index (χ3v) is 5.31. The molecule has 2 aromatic rings. The molecule has 1 heterocycles. The van der Waals surface area contributed by atoms with Crippen molar-refractivity contribution in [1.82, 2.24) is 4.98 Å². The lowest BCUT2D eigenvalue weighted by Crippen LogP contribution is -1.93. The van der Waals surface area contributed by atoms with Crippen LogP contribution in [0.5, 0.6) is 11.5 Å². The van der Waals surface area contributed by atoms with Gasteiger partial charge in [0.25, 0.3) is 0 Å². The van der Waals surface area contributed by atoms with Crippen molar-refractivity contribution in [3.05, 3.63) is 28.1 Å². The molecule has 3 nitrogen and oxygen atoms in total.